The number of aryl methyl sites for hydroxylation is 2. The Balaban J connectivity index is 0.832. The molecule has 78 heavy (non-hydrogen) atoms. The lowest BCUT2D eigenvalue weighted by Crippen LogP contribution is -2.13. The smallest absolute Gasteiger partial charge is 0.135 e. The largest absolute Gasteiger partial charge is 0.456 e. The molecule has 0 bridgehead atoms. The van der Waals surface area contributed by atoms with E-state index in [-0.39, 0.29) is 0 Å². The van der Waals surface area contributed by atoms with Gasteiger partial charge in [0, 0.05) is 55.4 Å². The van der Waals surface area contributed by atoms with Crippen molar-refractivity contribution in [1.29, 1.82) is 0 Å². The second-order valence-corrected chi connectivity index (χ2v) is 20.2. The van der Waals surface area contributed by atoms with E-state index >= 15 is 0 Å². The molecule has 4 nitrogen and oxygen atoms in total. The minimum atomic E-state index is 0.897. The zero-order valence-corrected chi connectivity index (χ0v) is 43.3. The average Bonchev–Trinajstić information content (AvgIpc) is 4.11. The number of nitrogens with zero attached hydrogens (tertiary/aromatic N) is 2. The van der Waals surface area contributed by atoms with E-state index in [4.69, 9.17) is 8.83 Å². The van der Waals surface area contributed by atoms with Crippen LogP contribution in [0.25, 0.3) is 99.5 Å². The summed E-state index contributed by atoms with van der Waals surface area (Å²) in [6, 6.07) is 100. The van der Waals surface area contributed by atoms with Crippen LogP contribution in [0.2, 0.25) is 0 Å². The highest BCUT2D eigenvalue weighted by molar-refractivity contribution is 6.07. The van der Waals surface area contributed by atoms with Gasteiger partial charge in [-0.3, -0.25) is 0 Å². The first kappa shape index (κ1) is 46.4. The first-order valence-corrected chi connectivity index (χ1v) is 26.6. The van der Waals surface area contributed by atoms with Gasteiger partial charge in [0.15, 0.2) is 0 Å². The number of anilines is 6. The van der Waals surface area contributed by atoms with E-state index in [2.05, 4.69) is 278 Å². The Labute approximate surface area is 454 Å². The molecule has 14 rings (SSSR count). The molecule has 0 N–H and O–H groups in total. The third kappa shape index (κ3) is 8.37. The molecule has 0 saturated carbocycles. The van der Waals surface area contributed by atoms with Gasteiger partial charge in [0.05, 0.1) is 11.4 Å². The van der Waals surface area contributed by atoms with Gasteiger partial charge in [-0.2, -0.15) is 0 Å². The summed E-state index contributed by atoms with van der Waals surface area (Å²) in [5.41, 5.74) is 24.1. The van der Waals surface area contributed by atoms with Crippen LogP contribution in [0.5, 0.6) is 0 Å². The van der Waals surface area contributed by atoms with Gasteiger partial charge in [0.2, 0.25) is 0 Å². The Morgan fingerprint density at radius 2 is 0.564 bits per heavy atom. The summed E-state index contributed by atoms with van der Waals surface area (Å²) in [6.07, 6.45) is 0. The van der Waals surface area contributed by atoms with Crippen LogP contribution < -0.4 is 9.80 Å². The van der Waals surface area contributed by atoms with Gasteiger partial charge in [-0.25, -0.2) is 0 Å². The molecule has 0 amide bonds. The van der Waals surface area contributed by atoms with Crippen LogP contribution in [0.1, 0.15) is 11.1 Å². The fraction of sp³-hybridized carbons (Fsp3) is 0.0270. The molecular weight excluding hydrogens is 949 g/mol. The van der Waals surface area contributed by atoms with Crippen LogP contribution in [0.4, 0.5) is 34.1 Å². The number of rotatable bonds is 11. The van der Waals surface area contributed by atoms with Gasteiger partial charge in [-0.1, -0.05) is 182 Å². The quantitative estimate of drug-likeness (QED) is 0.129. The van der Waals surface area contributed by atoms with E-state index in [1.165, 1.54) is 0 Å². The van der Waals surface area contributed by atoms with E-state index in [1.807, 2.05) is 24.3 Å². The lowest BCUT2D eigenvalue weighted by molar-refractivity contribution is 0.668. The fourth-order valence-corrected chi connectivity index (χ4v) is 11.5. The van der Waals surface area contributed by atoms with Crippen LogP contribution in [0, 0.1) is 13.8 Å². The molecular formula is C74H52N2O2. The van der Waals surface area contributed by atoms with Crippen LogP contribution in [0.15, 0.2) is 288 Å². The summed E-state index contributed by atoms with van der Waals surface area (Å²) in [7, 11) is 0. The minimum Gasteiger partial charge on any atom is -0.456 e. The third-order valence-corrected chi connectivity index (χ3v) is 15.3. The summed E-state index contributed by atoms with van der Waals surface area (Å²) in [6.45, 7) is 4.47. The summed E-state index contributed by atoms with van der Waals surface area (Å²) in [5, 5.41) is 4.50. The molecule has 0 aliphatic rings. The monoisotopic (exact) mass is 1000 g/mol. The zero-order chi connectivity index (χ0) is 52.1. The second kappa shape index (κ2) is 19.5. The van der Waals surface area contributed by atoms with Crippen molar-refractivity contribution in [2.75, 3.05) is 9.80 Å². The highest BCUT2D eigenvalue weighted by atomic mass is 16.3. The number of hydrogen-bond acceptors (Lipinski definition) is 4. The Kier molecular flexibility index (Phi) is 11.6. The number of furan rings is 2. The lowest BCUT2D eigenvalue weighted by atomic mass is 9.96. The van der Waals surface area contributed by atoms with E-state index in [0.717, 1.165) is 145 Å². The van der Waals surface area contributed by atoms with Gasteiger partial charge in [0.1, 0.15) is 22.3 Å². The zero-order valence-electron chi connectivity index (χ0n) is 43.3. The predicted molar refractivity (Wildman–Crippen MR) is 327 cm³/mol. The average molecular weight is 1000 g/mol. The minimum absolute atomic E-state index is 0.897. The van der Waals surface area contributed by atoms with Gasteiger partial charge >= 0.3 is 0 Å². The molecule has 370 valence electrons. The van der Waals surface area contributed by atoms with Crippen molar-refractivity contribution in [1.82, 2.24) is 0 Å². The molecule has 0 saturated heterocycles. The van der Waals surface area contributed by atoms with Crippen molar-refractivity contribution in [3.8, 4) is 55.6 Å². The van der Waals surface area contributed by atoms with Crippen molar-refractivity contribution in [2.24, 2.45) is 0 Å². The van der Waals surface area contributed by atoms with Crippen molar-refractivity contribution < 1.29 is 8.83 Å². The van der Waals surface area contributed by atoms with E-state index in [9.17, 15) is 0 Å². The van der Waals surface area contributed by atoms with Crippen molar-refractivity contribution in [2.45, 2.75) is 13.8 Å². The number of fused-ring (bicyclic) bond motifs is 6. The molecule has 12 aromatic carbocycles. The van der Waals surface area contributed by atoms with Gasteiger partial charge < -0.3 is 18.6 Å². The van der Waals surface area contributed by atoms with Gasteiger partial charge in [0.25, 0.3) is 0 Å². The molecule has 0 fully saturated rings. The summed E-state index contributed by atoms with van der Waals surface area (Å²) in [5.74, 6) is 0. The summed E-state index contributed by atoms with van der Waals surface area (Å²) < 4.78 is 12.4. The lowest BCUT2D eigenvalue weighted by Gasteiger charge is -2.30. The molecule has 0 aliphatic carbocycles. The molecule has 0 aliphatic heterocycles. The maximum atomic E-state index is 6.18. The van der Waals surface area contributed by atoms with Crippen molar-refractivity contribution >= 4 is 78.0 Å². The molecule has 0 unspecified atom stereocenters. The van der Waals surface area contributed by atoms with Crippen molar-refractivity contribution in [3.05, 3.63) is 290 Å². The normalized spacial score (nSPS) is 11.5. The van der Waals surface area contributed by atoms with E-state index in [0.29, 0.717) is 0 Å². The second-order valence-electron chi connectivity index (χ2n) is 20.2. The predicted octanol–water partition coefficient (Wildman–Crippen LogP) is 21.4. The molecule has 4 heteroatoms. The van der Waals surface area contributed by atoms with Crippen LogP contribution >= 0.6 is 0 Å². The molecule has 0 spiro atoms. The number of para-hydroxylation sites is 4. The highest BCUT2D eigenvalue weighted by Gasteiger charge is 2.22. The first-order valence-electron chi connectivity index (χ1n) is 26.6. The summed E-state index contributed by atoms with van der Waals surface area (Å²) >= 11 is 0. The molecule has 2 heterocycles. The van der Waals surface area contributed by atoms with Gasteiger partial charge in [-0.05, 0) is 167 Å². The van der Waals surface area contributed by atoms with Gasteiger partial charge in [-0.15, -0.1) is 0 Å². The third-order valence-electron chi connectivity index (χ3n) is 15.3. The molecule has 0 atom stereocenters. The van der Waals surface area contributed by atoms with E-state index < -0.39 is 0 Å². The Morgan fingerprint density at radius 1 is 0.231 bits per heavy atom. The van der Waals surface area contributed by atoms with Crippen LogP contribution in [-0.2, 0) is 0 Å². The molecule has 2 aromatic heterocycles. The first-order chi connectivity index (χ1) is 38.5. The number of hydrogen-bond donors (Lipinski definition) is 0. The maximum Gasteiger partial charge on any atom is 0.135 e. The highest BCUT2D eigenvalue weighted by Crippen LogP contribution is 2.46. The summed E-state index contributed by atoms with van der Waals surface area (Å²) in [4.78, 5) is 4.83. The number of benzene rings is 12. The van der Waals surface area contributed by atoms with Crippen LogP contribution in [-0.4, -0.2) is 0 Å². The van der Waals surface area contributed by atoms with E-state index in [1.54, 1.807) is 0 Å². The Hall–Kier alpha value is -10.2. The Morgan fingerprint density at radius 3 is 0.987 bits per heavy atom. The maximum absolute atomic E-state index is 6.18. The molecule has 14 aromatic rings. The Bertz CT molecular complexity index is 4220. The SMILES string of the molecule is Cc1cc(-c2ccc(N(c3ccc(-c4ccc5oc6ccccc6c5c4)cc3)c3ccccc3-c3ccccc3)c(C)c2)ccc1N(c1ccc(-c2ccc3oc4ccccc4c3c2)cc1)c1ccccc1-c1ccccc1. The molecule has 0 radical (unpaired) electrons. The topological polar surface area (TPSA) is 32.8 Å². The van der Waals surface area contributed by atoms with Crippen LogP contribution in [0.3, 0.4) is 0 Å². The standard InChI is InChI=1S/C74H52N2O2/c1-49-45-55(33-41-67(49)75(69-25-13-9-21-61(69)53-17-5-3-6-18-53)59-37-29-51(30-38-59)57-35-43-73-65(47-57)63-23-11-15-27-71(63)77-73)56-34-42-68(50(2)46-56)76(70-26-14-10-22-62(70)54-19-7-4-8-20-54)60-39-31-52(32-40-60)58-36-44-74-66(48-58)64-24-12-16-28-72(64)78-74/h3-48H,1-2H3. The van der Waals surface area contributed by atoms with Crippen molar-refractivity contribution in [3.63, 3.8) is 0 Å². The fourth-order valence-electron chi connectivity index (χ4n) is 11.5.